The molecule has 2 unspecified atom stereocenters. The number of carboxylic acids is 1. The number of benzene rings is 1. The molecule has 3 N–H and O–H groups in total. The molecule has 2 rings (SSSR count). The molecule has 0 amide bonds. The maximum absolute atomic E-state index is 11.7. The van der Waals surface area contributed by atoms with Crippen LogP contribution in [0.15, 0.2) is 24.3 Å². The fourth-order valence-corrected chi connectivity index (χ4v) is 3.10. The normalized spacial score (nSPS) is 20.3. The summed E-state index contributed by atoms with van der Waals surface area (Å²) in [6.07, 6.45) is 1.72. The number of nitrogens with two attached hydrogens (primary N) is 1. The molecule has 4 nitrogen and oxygen atoms in total. The van der Waals surface area contributed by atoms with Crippen LogP contribution in [0.3, 0.4) is 0 Å². The van der Waals surface area contributed by atoms with Crippen LogP contribution < -0.4 is 10.5 Å². The standard InChI is InChI=1S/C16H23NO3/c1-11(2)8-16(10-17,15(18)19)9-13-7-12-5-3-4-6-14(12)20-13/h3-6,11,13H,7-10,17H2,1-2H3,(H,18,19). The molecule has 1 aliphatic heterocycles. The van der Waals surface area contributed by atoms with Crippen molar-refractivity contribution < 1.29 is 14.6 Å². The Kier molecular flexibility index (Phi) is 4.33. The lowest BCUT2D eigenvalue weighted by Crippen LogP contribution is -2.43. The van der Waals surface area contributed by atoms with Crippen LogP contribution in [0.2, 0.25) is 0 Å². The first-order chi connectivity index (χ1) is 9.47. The quantitative estimate of drug-likeness (QED) is 0.837. The Bertz CT molecular complexity index is 461. The van der Waals surface area contributed by atoms with Gasteiger partial charge in [0.15, 0.2) is 0 Å². The summed E-state index contributed by atoms with van der Waals surface area (Å²) in [5.41, 5.74) is 6.07. The van der Waals surface area contributed by atoms with Crippen molar-refractivity contribution in [1.82, 2.24) is 0 Å². The summed E-state index contributed by atoms with van der Waals surface area (Å²) < 4.78 is 5.88. The van der Waals surface area contributed by atoms with E-state index < -0.39 is 11.4 Å². The highest BCUT2D eigenvalue weighted by molar-refractivity contribution is 5.75. The number of ether oxygens (including phenoxy) is 1. The summed E-state index contributed by atoms with van der Waals surface area (Å²) in [5, 5.41) is 9.61. The Morgan fingerprint density at radius 2 is 2.20 bits per heavy atom. The minimum Gasteiger partial charge on any atom is -0.490 e. The molecular formula is C16H23NO3. The van der Waals surface area contributed by atoms with E-state index in [2.05, 4.69) is 0 Å². The second kappa shape index (κ2) is 5.83. The van der Waals surface area contributed by atoms with E-state index in [4.69, 9.17) is 10.5 Å². The smallest absolute Gasteiger partial charge is 0.311 e. The Morgan fingerprint density at radius 3 is 2.75 bits per heavy atom. The number of aliphatic carboxylic acids is 1. The molecule has 0 aliphatic carbocycles. The lowest BCUT2D eigenvalue weighted by molar-refractivity contribution is -0.151. The summed E-state index contributed by atoms with van der Waals surface area (Å²) in [5.74, 6) is 0.352. The predicted octanol–water partition coefficient (Wildman–Crippen LogP) is 2.46. The monoisotopic (exact) mass is 277 g/mol. The van der Waals surface area contributed by atoms with E-state index in [1.54, 1.807) is 0 Å². The third-order valence-electron chi connectivity index (χ3n) is 3.98. The van der Waals surface area contributed by atoms with Crippen LogP contribution in [0.5, 0.6) is 5.75 Å². The number of hydrogen-bond acceptors (Lipinski definition) is 3. The highest BCUT2D eigenvalue weighted by Gasteiger charge is 2.42. The first-order valence-electron chi connectivity index (χ1n) is 7.15. The van der Waals surface area contributed by atoms with Crippen LogP contribution in [0.1, 0.15) is 32.3 Å². The summed E-state index contributed by atoms with van der Waals surface area (Å²) in [6, 6.07) is 7.88. The number of rotatable bonds is 6. The van der Waals surface area contributed by atoms with E-state index in [1.165, 1.54) is 0 Å². The molecule has 0 fully saturated rings. The summed E-state index contributed by atoms with van der Waals surface area (Å²) in [4.78, 5) is 11.7. The fraction of sp³-hybridized carbons (Fsp3) is 0.562. The van der Waals surface area contributed by atoms with E-state index >= 15 is 0 Å². The highest BCUT2D eigenvalue weighted by Crippen LogP contribution is 2.37. The second-order valence-electron chi connectivity index (χ2n) is 6.14. The first kappa shape index (κ1) is 14.9. The van der Waals surface area contributed by atoms with Gasteiger partial charge in [-0.2, -0.15) is 0 Å². The lowest BCUT2D eigenvalue weighted by atomic mass is 9.75. The predicted molar refractivity (Wildman–Crippen MR) is 77.8 cm³/mol. The zero-order valence-electron chi connectivity index (χ0n) is 12.1. The number of carbonyl (C=O) groups is 1. The molecule has 4 heteroatoms. The van der Waals surface area contributed by atoms with Gasteiger partial charge in [0.25, 0.3) is 0 Å². The van der Waals surface area contributed by atoms with E-state index in [0.29, 0.717) is 18.8 Å². The van der Waals surface area contributed by atoms with Crippen LogP contribution in [0.4, 0.5) is 0 Å². The maximum Gasteiger partial charge on any atom is 0.311 e. The van der Waals surface area contributed by atoms with Crippen molar-refractivity contribution in [2.45, 2.75) is 39.2 Å². The van der Waals surface area contributed by atoms with Gasteiger partial charge in [0.05, 0.1) is 5.41 Å². The van der Waals surface area contributed by atoms with E-state index in [-0.39, 0.29) is 12.6 Å². The van der Waals surface area contributed by atoms with E-state index in [0.717, 1.165) is 17.7 Å². The van der Waals surface area contributed by atoms with Crippen LogP contribution in [-0.2, 0) is 11.2 Å². The van der Waals surface area contributed by atoms with Crippen molar-refractivity contribution in [3.63, 3.8) is 0 Å². The average molecular weight is 277 g/mol. The zero-order chi connectivity index (χ0) is 14.8. The molecule has 110 valence electrons. The molecule has 1 aromatic carbocycles. The van der Waals surface area contributed by atoms with Crippen molar-refractivity contribution in [3.05, 3.63) is 29.8 Å². The number of carboxylic acid groups (broad SMARTS) is 1. The van der Waals surface area contributed by atoms with Crippen molar-refractivity contribution in [2.75, 3.05) is 6.54 Å². The van der Waals surface area contributed by atoms with Gasteiger partial charge >= 0.3 is 5.97 Å². The highest BCUT2D eigenvalue weighted by atomic mass is 16.5. The van der Waals surface area contributed by atoms with Gasteiger partial charge in [-0.15, -0.1) is 0 Å². The Morgan fingerprint density at radius 1 is 1.50 bits per heavy atom. The molecule has 0 spiro atoms. The molecule has 0 radical (unpaired) electrons. The first-order valence-corrected chi connectivity index (χ1v) is 7.15. The van der Waals surface area contributed by atoms with Gasteiger partial charge in [-0.3, -0.25) is 4.79 Å². The van der Waals surface area contributed by atoms with Crippen molar-refractivity contribution in [2.24, 2.45) is 17.1 Å². The van der Waals surface area contributed by atoms with Gasteiger partial charge in [-0.1, -0.05) is 32.0 Å². The maximum atomic E-state index is 11.7. The van der Waals surface area contributed by atoms with Gasteiger partial charge in [-0.25, -0.2) is 0 Å². The summed E-state index contributed by atoms with van der Waals surface area (Å²) in [6.45, 7) is 4.20. The molecular weight excluding hydrogens is 254 g/mol. The largest absolute Gasteiger partial charge is 0.490 e. The zero-order valence-corrected chi connectivity index (χ0v) is 12.1. The summed E-state index contributed by atoms with van der Waals surface area (Å²) >= 11 is 0. The lowest BCUT2D eigenvalue weighted by Gasteiger charge is -2.31. The van der Waals surface area contributed by atoms with Crippen LogP contribution in [-0.4, -0.2) is 23.7 Å². The van der Waals surface area contributed by atoms with E-state index in [9.17, 15) is 9.90 Å². The van der Waals surface area contributed by atoms with Gasteiger partial charge in [0, 0.05) is 19.4 Å². The minimum absolute atomic E-state index is 0.0919. The van der Waals surface area contributed by atoms with E-state index in [1.807, 2.05) is 38.1 Å². The second-order valence-corrected chi connectivity index (χ2v) is 6.14. The molecule has 1 aromatic rings. The van der Waals surface area contributed by atoms with Crippen LogP contribution in [0.25, 0.3) is 0 Å². The summed E-state index contributed by atoms with van der Waals surface area (Å²) in [7, 11) is 0. The topological polar surface area (TPSA) is 72.5 Å². The minimum atomic E-state index is -0.888. The molecule has 1 aliphatic rings. The van der Waals surface area contributed by atoms with Crippen molar-refractivity contribution in [3.8, 4) is 5.75 Å². The van der Waals surface area contributed by atoms with Gasteiger partial charge in [-0.05, 0) is 24.0 Å². The SMILES string of the molecule is CC(C)CC(CN)(CC1Cc2ccccc2O1)C(=O)O. The van der Waals surface area contributed by atoms with Crippen molar-refractivity contribution >= 4 is 5.97 Å². The third-order valence-corrected chi connectivity index (χ3v) is 3.98. The molecule has 0 bridgehead atoms. The van der Waals surface area contributed by atoms with Crippen molar-refractivity contribution in [1.29, 1.82) is 0 Å². The van der Waals surface area contributed by atoms with Crippen LogP contribution in [0, 0.1) is 11.3 Å². The Labute approximate surface area is 119 Å². The molecule has 2 atom stereocenters. The molecule has 1 heterocycles. The third kappa shape index (κ3) is 2.96. The molecule has 0 aromatic heterocycles. The van der Waals surface area contributed by atoms with Gasteiger partial charge in [0.2, 0.25) is 0 Å². The number of para-hydroxylation sites is 1. The fourth-order valence-electron chi connectivity index (χ4n) is 3.10. The molecule has 20 heavy (non-hydrogen) atoms. The van der Waals surface area contributed by atoms with Crippen LogP contribution >= 0.6 is 0 Å². The Balaban J connectivity index is 2.12. The average Bonchev–Trinajstić information content (AvgIpc) is 2.78. The van der Waals surface area contributed by atoms with Gasteiger partial charge in [0.1, 0.15) is 11.9 Å². The number of hydrogen-bond donors (Lipinski definition) is 2. The number of fused-ring (bicyclic) bond motifs is 1. The molecule has 0 saturated heterocycles. The Hall–Kier alpha value is -1.55. The van der Waals surface area contributed by atoms with Gasteiger partial charge < -0.3 is 15.6 Å². The molecule has 0 saturated carbocycles.